The molecule has 29 heavy (non-hydrogen) atoms. The van der Waals surface area contributed by atoms with Crippen LogP contribution in [0.4, 0.5) is 26.3 Å². The van der Waals surface area contributed by atoms with Crippen LogP contribution in [0.3, 0.4) is 0 Å². The van der Waals surface area contributed by atoms with Gasteiger partial charge in [0.1, 0.15) is 5.01 Å². The van der Waals surface area contributed by atoms with Gasteiger partial charge < -0.3 is 10.2 Å². The molecule has 2 rings (SSSR count). The Morgan fingerprint density at radius 1 is 1.34 bits per heavy atom. The van der Waals surface area contributed by atoms with E-state index in [2.05, 4.69) is 15.3 Å². The summed E-state index contributed by atoms with van der Waals surface area (Å²) in [4.78, 5) is 11.0. The van der Waals surface area contributed by atoms with Gasteiger partial charge in [-0.3, -0.25) is 9.89 Å². The topological polar surface area (TPSA) is 43.8 Å². The highest BCUT2D eigenvalue weighted by Gasteiger charge is 2.34. The van der Waals surface area contributed by atoms with E-state index in [1.54, 1.807) is 14.0 Å². The van der Waals surface area contributed by atoms with Crippen LogP contribution < -0.4 is 5.32 Å². The lowest BCUT2D eigenvalue weighted by atomic mass is 10.1. The second kappa shape index (κ2) is 11.0. The first-order chi connectivity index (χ1) is 13.0. The average molecular weight is 559 g/mol. The van der Waals surface area contributed by atoms with Crippen molar-refractivity contribution in [3.8, 4) is 0 Å². The average Bonchev–Trinajstić information content (AvgIpc) is 3.23. The maximum absolute atomic E-state index is 12.6. The highest BCUT2D eigenvalue weighted by Crippen LogP contribution is 2.30. The zero-order valence-corrected chi connectivity index (χ0v) is 19.1. The van der Waals surface area contributed by atoms with Crippen LogP contribution in [0.5, 0.6) is 0 Å². The van der Waals surface area contributed by atoms with E-state index < -0.39 is 24.6 Å². The van der Waals surface area contributed by atoms with Crippen molar-refractivity contribution in [1.82, 2.24) is 20.1 Å². The molecule has 1 aliphatic rings. The van der Waals surface area contributed by atoms with E-state index >= 15 is 0 Å². The molecule has 0 radical (unpaired) electrons. The molecule has 1 unspecified atom stereocenters. The maximum atomic E-state index is 12.6. The van der Waals surface area contributed by atoms with Gasteiger partial charge in [0, 0.05) is 32.1 Å². The minimum absolute atomic E-state index is 0. The number of rotatable bonds is 6. The predicted octanol–water partition coefficient (Wildman–Crippen LogP) is 4.06. The van der Waals surface area contributed by atoms with Gasteiger partial charge in [0.25, 0.3) is 0 Å². The molecule has 0 amide bonds. The van der Waals surface area contributed by atoms with Gasteiger partial charge in [0.05, 0.1) is 13.1 Å². The molecule has 5 nitrogen and oxygen atoms in total. The van der Waals surface area contributed by atoms with Gasteiger partial charge in [0.15, 0.2) is 11.7 Å². The molecular weight excluding hydrogens is 535 g/mol. The van der Waals surface area contributed by atoms with Crippen LogP contribution in [0.1, 0.15) is 24.0 Å². The first-order valence-electron chi connectivity index (χ1n) is 8.78. The van der Waals surface area contributed by atoms with Gasteiger partial charge in [-0.15, -0.1) is 35.3 Å². The van der Waals surface area contributed by atoms with Crippen LogP contribution in [0.25, 0.3) is 0 Å². The monoisotopic (exact) mass is 559 g/mol. The molecule has 2 heterocycles. The Labute approximate surface area is 186 Å². The minimum atomic E-state index is -4.47. The van der Waals surface area contributed by atoms with Crippen molar-refractivity contribution in [1.29, 1.82) is 0 Å². The summed E-state index contributed by atoms with van der Waals surface area (Å²) in [7, 11) is 1.56. The largest absolute Gasteiger partial charge is 0.434 e. The fraction of sp³-hybridized carbons (Fsp3) is 0.750. The third kappa shape index (κ3) is 8.44. The van der Waals surface area contributed by atoms with E-state index in [1.165, 1.54) is 4.90 Å². The van der Waals surface area contributed by atoms with Crippen molar-refractivity contribution in [2.45, 2.75) is 32.2 Å². The third-order valence-electron chi connectivity index (χ3n) is 4.40. The molecule has 1 aromatic rings. The van der Waals surface area contributed by atoms with Crippen LogP contribution in [0.2, 0.25) is 0 Å². The summed E-state index contributed by atoms with van der Waals surface area (Å²) >= 11 is 0.908. The van der Waals surface area contributed by atoms with Gasteiger partial charge in [-0.05, 0) is 18.9 Å². The highest BCUT2D eigenvalue weighted by atomic mass is 127. The zero-order chi connectivity index (χ0) is 20.9. The van der Waals surface area contributed by atoms with E-state index in [-0.39, 0.29) is 41.4 Å². The minimum Gasteiger partial charge on any atom is -0.350 e. The first-order valence-corrected chi connectivity index (χ1v) is 9.66. The second-order valence-electron chi connectivity index (χ2n) is 6.57. The Morgan fingerprint density at radius 2 is 2.03 bits per heavy atom. The van der Waals surface area contributed by atoms with Crippen molar-refractivity contribution >= 4 is 41.3 Å². The van der Waals surface area contributed by atoms with E-state index in [1.807, 2.05) is 4.90 Å². The summed E-state index contributed by atoms with van der Waals surface area (Å²) in [6.45, 7) is 2.68. The molecule has 0 bridgehead atoms. The molecule has 0 aromatic carbocycles. The van der Waals surface area contributed by atoms with Crippen LogP contribution in [-0.4, -0.2) is 66.7 Å². The SMILES string of the molecule is CCN(CC1CCN(C(=NC)NCc2nc(C(F)(F)F)cs2)C1)CC(F)(F)F.I. The Bertz CT molecular complexity index is 663. The van der Waals surface area contributed by atoms with Crippen LogP contribution in [-0.2, 0) is 12.7 Å². The van der Waals surface area contributed by atoms with E-state index in [0.29, 0.717) is 32.1 Å². The molecule has 1 N–H and O–H groups in total. The fourth-order valence-electron chi connectivity index (χ4n) is 3.11. The molecule has 0 saturated carbocycles. The lowest BCUT2D eigenvalue weighted by molar-refractivity contribution is -0.146. The van der Waals surface area contributed by atoms with Crippen molar-refractivity contribution in [2.75, 3.05) is 39.8 Å². The summed E-state index contributed by atoms with van der Waals surface area (Å²) in [5.74, 6) is 0.572. The normalized spacial score (nSPS) is 18.3. The molecule has 1 fully saturated rings. The van der Waals surface area contributed by atoms with Crippen LogP contribution in [0, 0.1) is 5.92 Å². The van der Waals surface area contributed by atoms with Gasteiger partial charge in [-0.1, -0.05) is 6.92 Å². The van der Waals surface area contributed by atoms with E-state index in [4.69, 9.17) is 0 Å². The molecule has 1 aromatic heterocycles. The lowest BCUT2D eigenvalue weighted by Crippen LogP contribution is -2.41. The molecule has 13 heteroatoms. The number of thiazole rings is 1. The summed E-state index contributed by atoms with van der Waals surface area (Å²) in [5.41, 5.74) is -0.921. The Balaban J connectivity index is 0.00000420. The second-order valence-corrected chi connectivity index (χ2v) is 7.51. The van der Waals surface area contributed by atoms with Crippen LogP contribution >= 0.6 is 35.3 Å². The van der Waals surface area contributed by atoms with Crippen molar-refractivity contribution in [3.63, 3.8) is 0 Å². The number of nitrogens with zero attached hydrogens (tertiary/aromatic N) is 4. The lowest BCUT2D eigenvalue weighted by Gasteiger charge is -2.26. The maximum Gasteiger partial charge on any atom is 0.434 e. The summed E-state index contributed by atoms with van der Waals surface area (Å²) in [6.07, 6.45) is -7.97. The predicted molar refractivity (Wildman–Crippen MR) is 111 cm³/mol. The molecule has 0 spiro atoms. The first kappa shape index (κ1) is 26.2. The number of hydrogen-bond donors (Lipinski definition) is 1. The van der Waals surface area contributed by atoms with Crippen molar-refractivity contribution in [2.24, 2.45) is 10.9 Å². The molecule has 1 saturated heterocycles. The number of halogens is 7. The zero-order valence-electron chi connectivity index (χ0n) is 16.0. The van der Waals surface area contributed by atoms with Gasteiger partial charge in [0.2, 0.25) is 0 Å². The van der Waals surface area contributed by atoms with Gasteiger partial charge >= 0.3 is 12.4 Å². The number of alkyl halides is 6. The number of likely N-dealkylation sites (tertiary alicyclic amines) is 1. The van der Waals surface area contributed by atoms with Crippen LogP contribution in [0.15, 0.2) is 10.4 Å². The Kier molecular flexibility index (Phi) is 9.92. The molecule has 1 atom stereocenters. The van der Waals surface area contributed by atoms with Crippen molar-refractivity contribution in [3.05, 3.63) is 16.1 Å². The van der Waals surface area contributed by atoms with E-state index in [0.717, 1.165) is 23.1 Å². The summed E-state index contributed by atoms with van der Waals surface area (Å²) < 4.78 is 75.6. The third-order valence-corrected chi connectivity index (χ3v) is 5.25. The van der Waals surface area contributed by atoms with Gasteiger partial charge in [-0.2, -0.15) is 26.3 Å². The molecule has 168 valence electrons. The fourth-order valence-corrected chi connectivity index (χ4v) is 3.85. The highest BCUT2D eigenvalue weighted by molar-refractivity contribution is 14.0. The molecule has 0 aliphatic carbocycles. The van der Waals surface area contributed by atoms with Crippen molar-refractivity contribution < 1.29 is 26.3 Å². The Morgan fingerprint density at radius 3 is 2.55 bits per heavy atom. The Hall–Kier alpha value is -0.830. The smallest absolute Gasteiger partial charge is 0.350 e. The number of aliphatic imine (C=N–C) groups is 1. The quantitative estimate of drug-likeness (QED) is 0.247. The standard InChI is InChI=1S/C16H23F6N5S.HI/c1-3-26(10-15(17,18)19)7-11-4-5-27(8-11)14(23-2)24-6-13-25-12(9-28-13)16(20,21)22;/h9,11H,3-8,10H2,1-2H3,(H,23,24);1H. The number of guanidine groups is 1. The summed E-state index contributed by atoms with van der Waals surface area (Å²) in [5, 5.41) is 4.23. The number of nitrogens with one attached hydrogen (secondary N) is 1. The summed E-state index contributed by atoms with van der Waals surface area (Å²) in [6, 6.07) is 0. The molecular formula is C16H24F6IN5S. The number of aromatic nitrogens is 1. The van der Waals surface area contributed by atoms with E-state index in [9.17, 15) is 26.3 Å². The molecule has 1 aliphatic heterocycles. The number of hydrogen-bond acceptors (Lipinski definition) is 4. The van der Waals surface area contributed by atoms with Gasteiger partial charge in [-0.25, -0.2) is 4.98 Å².